The standard InChI is InChI=1S/C59H51N5O11S/c1-35(37-17-7-4-8-18-37)60-58(71)63-45-31-26-36(16-15-23-42(53(67)72-2)54(68)73-3)34-43(45)59(56(63)70)47(52(66)62-57-61-44-24-13-14-25-46(44)76-57)49-55(69)75-50(39-21-11-6-12-22-39)48(38-19-9-5-10-20-38)64(49)51(59)40-27-29-41(30-28-40)74-33-32-65/h4-14,17-22,24-31,34-35,42,47-51,65H,23,32-33H2,1-3H3,(H,60,71)(H,61,62,66)/t35-,47+,48+,49+,50-,51-,59+/m1/s1. The van der Waals surface area contributed by atoms with Crippen LogP contribution in [0, 0.1) is 23.7 Å². The summed E-state index contributed by atoms with van der Waals surface area (Å²) in [6, 6.07) is 41.8. The van der Waals surface area contributed by atoms with Crippen LogP contribution in [0.3, 0.4) is 0 Å². The maximum atomic E-state index is 16.8. The number of para-hydroxylation sites is 1. The van der Waals surface area contributed by atoms with Gasteiger partial charge in [0.15, 0.2) is 11.0 Å². The number of carbonyl (C=O) groups excluding carboxylic acids is 6. The molecule has 0 bridgehead atoms. The molecule has 3 aliphatic rings. The van der Waals surface area contributed by atoms with Crippen molar-refractivity contribution in [2.24, 2.45) is 11.8 Å². The van der Waals surface area contributed by atoms with Gasteiger partial charge in [0, 0.05) is 12.0 Å². The Labute approximate surface area is 441 Å². The molecule has 0 radical (unpaired) electrons. The van der Waals surface area contributed by atoms with Crippen molar-refractivity contribution in [2.75, 3.05) is 37.7 Å². The number of nitrogens with zero attached hydrogens (tertiary/aromatic N) is 3. The summed E-state index contributed by atoms with van der Waals surface area (Å²) in [5.41, 5.74) is 1.60. The summed E-state index contributed by atoms with van der Waals surface area (Å²) in [4.78, 5) is 96.9. The number of aliphatic hydroxyl groups is 1. The van der Waals surface area contributed by atoms with Crippen LogP contribution in [-0.2, 0) is 43.6 Å². The van der Waals surface area contributed by atoms with Crippen LogP contribution >= 0.6 is 11.3 Å². The molecule has 1 aromatic heterocycles. The number of hydrogen-bond acceptors (Lipinski definition) is 14. The Morgan fingerprint density at radius 2 is 1.43 bits per heavy atom. The van der Waals surface area contributed by atoms with E-state index in [1.165, 1.54) is 11.3 Å². The van der Waals surface area contributed by atoms with Gasteiger partial charge in [-0.2, -0.15) is 0 Å². The van der Waals surface area contributed by atoms with Gasteiger partial charge in [-0.3, -0.25) is 28.9 Å². The Kier molecular flexibility index (Phi) is 14.5. The van der Waals surface area contributed by atoms with Crippen LogP contribution in [0.15, 0.2) is 158 Å². The second-order valence-corrected chi connectivity index (χ2v) is 19.5. The van der Waals surface area contributed by atoms with E-state index in [0.717, 1.165) is 29.4 Å². The molecule has 0 aliphatic carbocycles. The minimum atomic E-state index is -2.17. The van der Waals surface area contributed by atoms with E-state index in [4.69, 9.17) is 23.9 Å². The molecule has 3 aliphatic heterocycles. The van der Waals surface area contributed by atoms with Crippen LogP contribution in [0.5, 0.6) is 5.75 Å². The molecule has 16 nitrogen and oxygen atoms in total. The summed E-state index contributed by atoms with van der Waals surface area (Å²) in [5, 5.41) is 15.9. The molecule has 1 spiro atoms. The van der Waals surface area contributed by atoms with Crippen molar-refractivity contribution in [3.8, 4) is 17.6 Å². The highest BCUT2D eigenvalue weighted by molar-refractivity contribution is 7.22. The average Bonchev–Trinajstić information content (AvgIpc) is 4.27. The number of morpholine rings is 1. The molecular formula is C59H51N5O11S. The van der Waals surface area contributed by atoms with Crippen molar-refractivity contribution in [3.63, 3.8) is 0 Å². The number of aliphatic hydroxyl groups excluding tert-OH is 1. The number of rotatable bonds is 13. The molecule has 76 heavy (non-hydrogen) atoms. The van der Waals surface area contributed by atoms with Gasteiger partial charge in [-0.1, -0.05) is 138 Å². The predicted molar refractivity (Wildman–Crippen MR) is 282 cm³/mol. The fraction of sp³-hybridized carbons (Fsp3) is 0.237. The van der Waals surface area contributed by atoms with E-state index in [1.54, 1.807) is 49.4 Å². The molecule has 17 heteroatoms. The molecule has 2 fully saturated rings. The average molecular weight is 1040 g/mol. The van der Waals surface area contributed by atoms with Crippen LogP contribution in [0.1, 0.15) is 71.0 Å². The zero-order valence-electron chi connectivity index (χ0n) is 41.5. The first kappa shape index (κ1) is 50.8. The summed E-state index contributed by atoms with van der Waals surface area (Å²) >= 11 is 1.22. The Hall–Kier alpha value is -8.69. The molecule has 0 saturated carbocycles. The second kappa shape index (κ2) is 21.6. The van der Waals surface area contributed by atoms with Gasteiger partial charge in [0.2, 0.25) is 11.8 Å². The van der Waals surface area contributed by atoms with Crippen LogP contribution in [0.4, 0.5) is 15.6 Å². The highest BCUT2D eigenvalue weighted by Gasteiger charge is 2.75. The van der Waals surface area contributed by atoms with Crippen molar-refractivity contribution in [1.29, 1.82) is 0 Å². The molecule has 4 amide bonds. The van der Waals surface area contributed by atoms with Crippen LogP contribution in [-0.4, -0.2) is 84.2 Å². The fourth-order valence-electron chi connectivity index (χ4n) is 10.9. The summed E-state index contributed by atoms with van der Waals surface area (Å²) in [5.74, 6) is -0.728. The van der Waals surface area contributed by atoms with Gasteiger partial charge in [0.25, 0.3) is 0 Å². The van der Waals surface area contributed by atoms with Gasteiger partial charge in [0.05, 0.1) is 60.8 Å². The summed E-state index contributed by atoms with van der Waals surface area (Å²) in [7, 11) is 2.30. The van der Waals surface area contributed by atoms with Crippen LogP contribution in [0.25, 0.3) is 10.2 Å². The maximum absolute atomic E-state index is 16.8. The number of hydrogen-bond donors (Lipinski definition) is 3. The van der Waals surface area contributed by atoms with Gasteiger partial charge in [0.1, 0.15) is 29.9 Å². The van der Waals surface area contributed by atoms with Gasteiger partial charge in [-0.15, -0.1) is 0 Å². The third-order valence-corrected chi connectivity index (χ3v) is 15.1. The van der Waals surface area contributed by atoms with Gasteiger partial charge >= 0.3 is 23.9 Å². The first-order valence-corrected chi connectivity index (χ1v) is 25.4. The van der Waals surface area contributed by atoms with E-state index < -0.39 is 83.3 Å². The van der Waals surface area contributed by atoms with Crippen molar-refractivity contribution in [1.82, 2.24) is 15.2 Å². The first-order chi connectivity index (χ1) is 37.0. The van der Waals surface area contributed by atoms with Crippen LogP contribution in [0.2, 0.25) is 0 Å². The lowest BCUT2D eigenvalue weighted by Gasteiger charge is -2.46. The Morgan fingerprint density at radius 3 is 2.09 bits per heavy atom. The number of aromatic nitrogens is 1. The number of esters is 3. The number of ether oxygens (including phenoxy) is 4. The molecular weight excluding hydrogens is 987 g/mol. The smallest absolute Gasteiger partial charge is 0.329 e. The van der Waals surface area contributed by atoms with Crippen LogP contribution < -0.4 is 20.3 Å². The minimum absolute atomic E-state index is 0.00322. The molecule has 3 N–H and O–H groups in total. The van der Waals surface area contributed by atoms with Gasteiger partial charge in [-0.25, -0.2) is 14.7 Å². The summed E-state index contributed by atoms with van der Waals surface area (Å²) in [6.45, 7) is 1.53. The second-order valence-electron chi connectivity index (χ2n) is 18.4. The SMILES string of the molecule is COC(=O)C(CC#Cc1ccc2c(c1)[C@]1(C(=O)N2C(=O)N[C@H](C)c2ccccc2)[C@H](C(=O)Nc2nc3ccccc3s2)[C@H]2C(=O)O[C@H](c3ccccc3)[C@H](c3ccccc3)N2[C@@H]1c1ccc(OCCO)cc1)C(=O)OC. The molecule has 384 valence electrons. The summed E-state index contributed by atoms with van der Waals surface area (Å²) < 4.78 is 23.0. The van der Waals surface area contributed by atoms with E-state index in [0.29, 0.717) is 28.0 Å². The van der Waals surface area contributed by atoms with E-state index >= 15 is 19.2 Å². The monoisotopic (exact) mass is 1040 g/mol. The van der Waals surface area contributed by atoms with Crippen molar-refractivity contribution in [2.45, 2.75) is 49.0 Å². The Bertz CT molecular complexity index is 3350. The number of cyclic esters (lactones) is 1. The number of methoxy groups -OCH3 is 2. The number of thiazole rings is 1. The minimum Gasteiger partial charge on any atom is -0.491 e. The number of imide groups is 1. The lowest BCUT2D eigenvalue weighted by molar-refractivity contribution is -0.178. The third-order valence-electron chi connectivity index (χ3n) is 14.2. The Morgan fingerprint density at radius 1 is 0.789 bits per heavy atom. The van der Waals surface area contributed by atoms with E-state index in [9.17, 15) is 14.7 Å². The first-order valence-electron chi connectivity index (χ1n) is 24.5. The molecule has 6 aromatic carbocycles. The van der Waals surface area contributed by atoms with E-state index in [2.05, 4.69) is 22.5 Å². The summed E-state index contributed by atoms with van der Waals surface area (Å²) in [6.07, 6.45) is -1.28. The number of carbonyl (C=O) groups is 6. The highest BCUT2D eigenvalue weighted by atomic mass is 32.1. The highest BCUT2D eigenvalue weighted by Crippen LogP contribution is 2.66. The third kappa shape index (κ3) is 9.20. The van der Waals surface area contributed by atoms with Crippen molar-refractivity contribution in [3.05, 3.63) is 191 Å². The van der Waals surface area contributed by atoms with Gasteiger partial charge < -0.3 is 34.7 Å². The number of benzene rings is 6. The Balaban J connectivity index is 1.25. The molecule has 4 heterocycles. The quantitative estimate of drug-likeness (QED) is 0.0433. The zero-order chi connectivity index (χ0) is 53.1. The lowest BCUT2D eigenvalue weighted by atomic mass is 9.65. The molecule has 7 atom stereocenters. The van der Waals surface area contributed by atoms with Gasteiger partial charge in [-0.05, 0) is 77.2 Å². The largest absolute Gasteiger partial charge is 0.491 e. The fourth-order valence-corrected chi connectivity index (χ4v) is 11.8. The number of amides is 4. The normalized spacial score (nSPS) is 21.0. The van der Waals surface area contributed by atoms with E-state index in [-0.39, 0.29) is 41.6 Å². The number of urea groups is 1. The lowest BCUT2D eigenvalue weighted by Crippen LogP contribution is -2.55. The molecule has 7 aromatic rings. The zero-order valence-corrected chi connectivity index (χ0v) is 42.3. The van der Waals surface area contributed by atoms with E-state index in [1.807, 2.05) is 120 Å². The number of fused-ring (bicyclic) bond motifs is 4. The van der Waals surface area contributed by atoms with Crippen molar-refractivity contribution >= 4 is 68.1 Å². The molecule has 10 rings (SSSR count). The number of anilines is 2. The maximum Gasteiger partial charge on any atom is 0.329 e. The molecule has 0 unspecified atom stereocenters. The molecule has 2 saturated heterocycles. The number of nitrogens with one attached hydrogen (secondary N) is 2. The topological polar surface area (TPSA) is 203 Å². The predicted octanol–water partition coefficient (Wildman–Crippen LogP) is 8.15. The van der Waals surface area contributed by atoms with Crippen molar-refractivity contribution < 1.29 is 52.8 Å².